The largest absolute Gasteiger partial charge is 0.481 e. The molecule has 2 aliphatic heterocycles. The number of rotatable bonds is 3. The van der Waals surface area contributed by atoms with Gasteiger partial charge in [0, 0.05) is 12.6 Å². The zero-order valence-electron chi connectivity index (χ0n) is 7.96. The highest BCUT2D eigenvalue weighted by Crippen LogP contribution is 2.20. The summed E-state index contributed by atoms with van der Waals surface area (Å²) in [6.07, 6.45) is 7.34. The quantitative estimate of drug-likeness (QED) is 0.731. The molecule has 0 aromatic carbocycles. The molecule has 0 aromatic rings. The molecule has 1 amide bonds. The summed E-state index contributed by atoms with van der Waals surface area (Å²) >= 11 is 0. The molecule has 15 heavy (non-hydrogen) atoms. The number of aliphatic imine (C=N–C) groups is 1. The third-order valence-corrected chi connectivity index (χ3v) is 2.34. The van der Waals surface area contributed by atoms with Crippen LogP contribution in [0.3, 0.4) is 0 Å². The highest BCUT2D eigenvalue weighted by molar-refractivity contribution is 6.10. The number of hydrogen-bond donors (Lipinski definition) is 1. The molecule has 1 unspecified atom stereocenters. The molecule has 1 atom stereocenters. The first-order chi connectivity index (χ1) is 7.18. The summed E-state index contributed by atoms with van der Waals surface area (Å²) in [5.74, 6) is -0.562. The molecule has 2 aliphatic rings. The van der Waals surface area contributed by atoms with Crippen LogP contribution in [0, 0.1) is 0 Å². The highest BCUT2D eigenvalue weighted by atomic mass is 16.4. The van der Waals surface area contributed by atoms with Gasteiger partial charge in [-0.3, -0.25) is 9.59 Å². The molecule has 0 spiro atoms. The Hall–Kier alpha value is -1.91. The fourth-order valence-corrected chi connectivity index (χ4v) is 1.63. The summed E-state index contributed by atoms with van der Waals surface area (Å²) in [6.45, 7) is 0. The predicted molar refractivity (Wildman–Crippen MR) is 53.2 cm³/mol. The van der Waals surface area contributed by atoms with Crippen LogP contribution in [0.25, 0.3) is 0 Å². The Morgan fingerprint density at radius 1 is 1.53 bits per heavy atom. The smallest absolute Gasteiger partial charge is 0.303 e. The van der Waals surface area contributed by atoms with Crippen LogP contribution in [0.2, 0.25) is 0 Å². The van der Waals surface area contributed by atoms with Crippen molar-refractivity contribution in [2.24, 2.45) is 4.99 Å². The molecule has 0 aromatic heterocycles. The maximum absolute atomic E-state index is 11.5. The van der Waals surface area contributed by atoms with Gasteiger partial charge in [-0.2, -0.15) is 4.99 Å². The number of nitrogens with zero attached hydrogens (tertiary/aromatic N) is 2. The van der Waals surface area contributed by atoms with Gasteiger partial charge in [0.1, 0.15) is 11.9 Å². The van der Waals surface area contributed by atoms with Crippen LogP contribution in [0.4, 0.5) is 0 Å². The first kappa shape index (κ1) is 9.64. The number of carboxylic acid groups (broad SMARTS) is 1. The van der Waals surface area contributed by atoms with Crippen LogP contribution in [0.5, 0.6) is 0 Å². The Kier molecular flexibility index (Phi) is 2.37. The van der Waals surface area contributed by atoms with Gasteiger partial charge >= 0.3 is 5.97 Å². The number of amidine groups is 1. The number of allylic oxidation sites excluding steroid dienone is 2. The van der Waals surface area contributed by atoms with Crippen molar-refractivity contribution in [2.45, 2.75) is 18.9 Å². The topological polar surface area (TPSA) is 70.0 Å². The molecule has 2 rings (SSSR count). The summed E-state index contributed by atoms with van der Waals surface area (Å²) in [5.41, 5.74) is 0. The number of carbonyl (C=O) groups excluding carboxylic acids is 1. The summed E-state index contributed by atoms with van der Waals surface area (Å²) < 4.78 is 0. The van der Waals surface area contributed by atoms with Crippen LogP contribution < -0.4 is 0 Å². The third kappa shape index (κ3) is 1.81. The minimum Gasteiger partial charge on any atom is -0.481 e. The van der Waals surface area contributed by atoms with E-state index in [9.17, 15) is 9.59 Å². The Labute approximate surface area is 86.4 Å². The van der Waals surface area contributed by atoms with Gasteiger partial charge in [0.25, 0.3) is 5.91 Å². The standard InChI is InChI=1S/C10H10N2O3/c13-9(14)5-4-7-10(15)11-8-3-1-2-6-12(7)8/h1-3,6-7H,4-5H2,(H,13,14). The zero-order valence-corrected chi connectivity index (χ0v) is 7.96. The lowest BCUT2D eigenvalue weighted by atomic mass is 10.1. The number of fused-ring (bicyclic) bond motifs is 1. The summed E-state index contributed by atoms with van der Waals surface area (Å²) in [4.78, 5) is 27.4. The molecule has 0 fully saturated rings. The number of carboxylic acids is 1. The van der Waals surface area contributed by atoms with Crippen molar-refractivity contribution in [1.29, 1.82) is 0 Å². The van der Waals surface area contributed by atoms with E-state index in [2.05, 4.69) is 4.99 Å². The molecule has 5 nitrogen and oxygen atoms in total. The fourth-order valence-electron chi connectivity index (χ4n) is 1.63. The average Bonchev–Trinajstić information content (AvgIpc) is 2.50. The molecule has 0 bridgehead atoms. The first-order valence-corrected chi connectivity index (χ1v) is 4.66. The Morgan fingerprint density at radius 2 is 2.33 bits per heavy atom. The van der Waals surface area contributed by atoms with Gasteiger partial charge < -0.3 is 10.0 Å². The van der Waals surface area contributed by atoms with Crippen molar-refractivity contribution < 1.29 is 14.7 Å². The Balaban J connectivity index is 2.08. The number of hydrogen-bond acceptors (Lipinski definition) is 3. The lowest BCUT2D eigenvalue weighted by molar-refractivity contribution is -0.137. The maximum Gasteiger partial charge on any atom is 0.303 e. The van der Waals surface area contributed by atoms with E-state index < -0.39 is 12.0 Å². The number of aliphatic carboxylic acids is 1. The second-order valence-electron chi connectivity index (χ2n) is 3.36. The monoisotopic (exact) mass is 206 g/mol. The van der Waals surface area contributed by atoms with Crippen molar-refractivity contribution in [3.05, 3.63) is 24.4 Å². The predicted octanol–water partition coefficient (Wildman–Crippen LogP) is 0.544. The van der Waals surface area contributed by atoms with E-state index >= 15 is 0 Å². The van der Waals surface area contributed by atoms with Crippen molar-refractivity contribution in [3.63, 3.8) is 0 Å². The van der Waals surface area contributed by atoms with Gasteiger partial charge in [-0.15, -0.1) is 0 Å². The van der Waals surface area contributed by atoms with Gasteiger partial charge in [-0.05, 0) is 18.6 Å². The van der Waals surface area contributed by atoms with E-state index in [4.69, 9.17) is 5.11 Å². The van der Waals surface area contributed by atoms with Crippen molar-refractivity contribution in [2.75, 3.05) is 0 Å². The Morgan fingerprint density at radius 3 is 3.07 bits per heavy atom. The van der Waals surface area contributed by atoms with Crippen LogP contribution in [0.15, 0.2) is 29.4 Å². The van der Waals surface area contributed by atoms with E-state index in [-0.39, 0.29) is 12.3 Å². The summed E-state index contributed by atoms with van der Waals surface area (Å²) in [6, 6.07) is -0.447. The molecule has 5 heteroatoms. The van der Waals surface area contributed by atoms with Crippen LogP contribution in [-0.2, 0) is 9.59 Å². The van der Waals surface area contributed by atoms with Gasteiger partial charge in [0.05, 0.1) is 0 Å². The average molecular weight is 206 g/mol. The lowest BCUT2D eigenvalue weighted by Gasteiger charge is -2.22. The van der Waals surface area contributed by atoms with Crippen LogP contribution in [0.1, 0.15) is 12.8 Å². The van der Waals surface area contributed by atoms with Crippen molar-refractivity contribution in [1.82, 2.24) is 4.90 Å². The maximum atomic E-state index is 11.5. The molecular formula is C10H10N2O3. The zero-order chi connectivity index (χ0) is 10.8. The van der Waals surface area contributed by atoms with E-state index in [1.807, 2.05) is 0 Å². The van der Waals surface area contributed by atoms with E-state index in [0.717, 1.165) is 0 Å². The van der Waals surface area contributed by atoms with Crippen molar-refractivity contribution >= 4 is 17.7 Å². The fraction of sp³-hybridized carbons (Fsp3) is 0.300. The van der Waals surface area contributed by atoms with Crippen LogP contribution >= 0.6 is 0 Å². The van der Waals surface area contributed by atoms with E-state index in [0.29, 0.717) is 12.3 Å². The molecule has 78 valence electrons. The second kappa shape index (κ2) is 3.68. The normalized spacial score (nSPS) is 22.9. The molecule has 2 heterocycles. The minimum absolute atomic E-state index is 0.0206. The number of carbonyl (C=O) groups is 2. The highest BCUT2D eigenvalue weighted by Gasteiger charge is 2.33. The molecule has 1 N–H and O–H groups in total. The first-order valence-electron chi connectivity index (χ1n) is 4.66. The van der Waals surface area contributed by atoms with Gasteiger partial charge in [0.15, 0.2) is 0 Å². The van der Waals surface area contributed by atoms with Crippen molar-refractivity contribution in [3.8, 4) is 0 Å². The molecular weight excluding hydrogens is 196 g/mol. The SMILES string of the molecule is O=C(O)CCC1C(=O)N=C2C=CC=CN21. The summed E-state index contributed by atoms with van der Waals surface area (Å²) in [7, 11) is 0. The molecule has 0 radical (unpaired) electrons. The lowest BCUT2D eigenvalue weighted by Crippen LogP contribution is -2.34. The van der Waals surface area contributed by atoms with Gasteiger partial charge in [0.2, 0.25) is 0 Å². The molecule has 0 saturated carbocycles. The van der Waals surface area contributed by atoms with E-state index in [1.165, 1.54) is 0 Å². The van der Waals surface area contributed by atoms with E-state index in [1.54, 1.807) is 29.3 Å². The Bertz CT molecular complexity index is 395. The summed E-state index contributed by atoms with van der Waals surface area (Å²) in [5, 5.41) is 8.56. The minimum atomic E-state index is -0.896. The van der Waals surface area contributed by atoms with Gasteiger partial charge in [-0.25, -0.2) is 0 Å². The molecule has 0 aliphatic carbocycles. The number of amides is 1. The second-order valence-corrected chi connectivity index (χ2v) is 3.36. The van der Waals surface area contributed by atoms with Gasteiger partial charge in [-0.1, -0.05) is 6.08 Å². The molecule has 0 saturated heterocycles. The third-order valence-electron chi connectivity index (χ3n) is 2.34. The van der Waals surface area contributed by atoms with Crippen LogP contribution in [-0.4, -0.2) is 33.8 Å².